The fourth-order valence-corrected chi connectivity index (χ4v) is 4.17. The van der Waals surface area contributed by atoms with E-state index in [1.54, 1.807) is 51.1 Å². The number of alkyl carbamates (subject to hydrolysis) is 1. The van der Waals surface area contributed by atoms with Crippen molar-refractivity contribution in [2.24, 2.45) is 0 Å². The van der Waals surface area contributed by atoms with Gasteiger partial charge in [0.05, 0.1) is 6.61 Å². The number of rotatable bonds is 11. The van der Waals surface area contributed by atoms with Gasteiger partial charge in [-0.1, -0.05) is 36.4 Å². The highest BCUT2D eigenvalue weighted by molar-refractivity contribution is 7.98. The van der Waals surface area contributed by atoms with Crippen LogP contribution >= 0.6 is 11.8 Å². The van der Waals surface area contributed by atoms with Crippen LogP contribution in [0.1, 0.15) is 44.4 Å². The van der Waals surface area contributed by atoms with E-state index in [4.69, 9.17) is 4.74 Å². The van der Waals surface area contributed by atoms with Crippen LogP contribution in [0.3, 0.4) is 0 Å². The normalized spacial score (nSPS) is 12.8. The molecule has 0 spiro atoms. The minimum atomic E-state index is -1.28. The molecule has 37 heavy (non-hydrogen) atoms. The van der Waals surface area contributed by atoms with E-state index in [0.717, 1.165) is 5.56 Å². The Balaban J connectivity index is 2.49. The summed E-state index contributed by atoms with van der Waals surface area (Å²) in [4.78, 5) is 41.3. The zero-order valence-corrected chi connectivity index (χ0v) is 22.8. The number of carbonyl (C=O) groups excluding carboxylic acids is 3. The van der Waals surface area contributed by atoms with Crippen molar-refractivity contribution in [1.29, 1.82) is 0 Å². The SMILES string of the molecule is CSCCC(NC(=O)OC(C)(C)C)C(=O)N(CCO)C(C(=O)Nc1ccccc1C)c1ccccc1O. The van der Waals surface area contributed by atoms with Crippen molar-refractivity contribution in [2.45, 2.75) is 51.8 Å². The van der Waals surface area contributed by atoms with Crippen molar-refractivity contribution in [3.8, 4) is 5.75 Å². The Kier molecular flexibility index (Phi) is 11.3. The van der Waals surface area contributed by atoms with Gasteiger partial charge in [-0.05, 0) is 63.8 Å². The molecule has 3 amide bonds. The van der Waals surface area contributed by atoms with E-state index in [1.807, 2.05) is 25.3 Å². The Morgan fingerprint density at radius 1 is 1.08 bits per heavy atom. The van der Waals surface area contributed by atoms with Crippen LogP contribution in [0, 0.1) is 6.92 Å². The Labute approximate surface area is 222 Å². The number of phenols is 1. The van der Waals surface area contributed by atoms with Gasteiger partial charge in [0.2, 0.25) is 5.91 Å². The number of para-hydroxylation sites is 2. The molecule has 2 aromatic rings. The molecule has 2 unspecified atom stereocenters. The third-order valence-corrected chi connectivity index (χ3v) is 6.06. The molecule has 0 aromatic heterocycles. The first-order valence-electron chi connectivity index (χ1n) is 12.0. The number of phenolic OH excluding ortho intramolecular Hbond substituents is 1. The highest BCUT2D eigenvalue weighted by Crippen LogP contribution is 2.31. The number of hydrogen-bond donors (Lipinski definition) is 4. The van der Waals surface area contributed by atoms with E-state index in [9.17, 15) is 24.6 Å². The Morgan fingerprint density at radius 2 is 1.73 bits per heavy atom. The summed E-state index contributed by atoms with van der Waals surface area (Å²) < 4.78 is 5.35. The van der Waals surface area contributed by atoms with Gasteiger partial charge in [-0.3, -0.25) is 9.59 Å². The number of carbonyl (C=O) groups is 3. The topological polar surface area (TPSA) is 128 Å². The summed E-state index contributed by atoms with van der Waals surface area (Å²) in [6, 6.07) is 11.1. The van der Waals surface area contributed by atoms with Crippen molar-refractivity contribution in [3.63, 3.8) is 0 Å². The summed E-state index contributed by atoms with van der Waals surface area (Å²) in [6.07, 6.45) is 1.38. The number of aliphatic hydroxyl groups is 1. The predicted molar refractivity (Wildman–Crippen MR) is 146 cm³/mol. The molecule has 4 N–H and O–H groups in total. The molecule has 0 heterocycles. The number of anilines is 1. The first-order valence-corrected chi connectivity index (χ1v) is 13.4. The summed E-state index contributed by atoms with van der Waals surface area (Å²) in [5, 5.41) is 25.9. The molecule has 9 nitrogen and oxygen atoms in total. The number of amides is 3. The summed E-state index contributed by atoms with van der Waals surface area (Å²) in [7, 11) is 0. The van der Waals surface area contributed by atoms with E-state index >= 15 is 0 Å². The maximum absolute atomic E-state index is 13.9. The summed E-state index contributed by atoms with van der Waals surface area (Å²) >= 11 is 1.50. The lowest BCUT2D eigenvalue weighted by molar-refractivity contribution is -0.141. The van der Waals surface area contributed by atoms with Gasteiger partial charge in [-0.2, -0.15) is 11.8 Å². The van der Waals surface area contributed by atoms with Crippen molar-refractivity contribution in [1.82, 2.24) is 10.2 Å². The van der Waals surface area contributed by atoms with Crippen LogP contribution < -0.4 is 10.6 Å². The molecule has 10 heteroatoms. The molecular formula is C27H37N3O6S. The quantitative estimate of drug-likeness (QED) is 0.347. The molecule has 0 aliphatic heterocycles. The highest BCUT2D eigenvalue weighted by Gasteiger charge is 2.37. The van der Waals surface area contributed by atoms with Gasteiger partial charge in [0.25, 0.3) is 5.91 Å². The number of aryl methyl sites for hydroxylation is 1. The predicted octanol–water partition coefficient (Wildman–Crippen LogP) is 3.85. The lowest BCUT2D eigenvalue weighted by Gasteiger charge is -2.34. The van der Waals surface area contributed by atoms with Crippen LogP contribution in [-0.4, -0.2) is 69.8 Å². The number of nitrogens with zero attached hydrogens (tertiary/aromatic N) is 1. The number of hydrogen-bond acceptors (Lipinski definition) is 7. The minimum Gasteiger partial charge on any atom is -0.508 e. The van der Waals surface area contributed by atoms with Gasteiger partial charge in [-0.25, -0.2) is 4.79 Å². The van der Waals surface area contributed by atoms with Gasteiger partial charge in [-0.15, -0.1) is 0 Å². The van der Waals surface area contributed by atoms with Gasteiger partial charge in [0.15, 0.2) is 0 Å². The molecule has 0 radical (unpaired) electrons. The molecule has 2 aromatic carbocycles. The number of ether oxygens (including phenoxy) is 1. The molecule has 0 saturated heterocycles. The van der Waals surface area contributed by atoms with Gasteiger partial charge < -0.3 is 30.5 Å². The maximum Gasteiger partial charge on any atom is 0.408 e. The standard InChI is InChI=1S/C27H37N3O6S/c1-18-10-6-8-12-20(18)28-24(33)23(19-11-7-9-13-22(19)32)30(15-16-31)25(34)21(14-17-37-5)29-26(35)36-27(2,3)4/h6-13,21,23,31-32H,14-17H2,1-5H3,(H,28,33)(H,29,35). The van der Waals surface area contributed by atoms with Crippen LogP contribution in [0.2, 0.25) is 0 Å². The highest BCUT2D eigenvalue weighted by atomic mass is 32.2. The Bertz CT molecular complexity index is 1070. The summed E-state index contributed by atoms with van der Waals surface area (Å²) in [6.45, 7) is 6.35. The number of aliphatic hydroxyl groups excluding tert-OH is 1. The second kappa shape index (κ2) is 13.9. The summed E-state index contributed by atoms with van der Waals surface area (Å²) in [5.74, 6) is -0.778. The van der Waals surface area contributed by atoms with Crippen LogP contribution in [0.4, 0.5) is 10.5 Å². The van der Waals surface area contributed by atoms with E-state index in [0.29, 0.717) is 11.4 Å². The van der Waals surface area contributed by atoms with Crippen LogP contribution in [0.15, 0.2) is 48.5 Å². The molecule has 2 rings (SSSR count). The number of aromatic hydroxyl groups is 1. The van der Waals surface area contributed by atoms with Crippen molar-refractivity contribution >= 4 is 35.4 Å². The Morgan fingerprint density at radius 3 is 2.32 bits per heavy atom. The van der Waals surface area contributed by atoms with E-state index < -0.39 is 42.2 Å². The first-order chi connectivity index (χ1) is 17.5. The molecular weight excluding hydrogens is 494 g/mol. The minimum absolute atomic E-state index is 0.177. The number of nitrogens with one attached hydrogen (secondary N) is 2. The first kappa shape index (κ1) is 30.0. The molecule has 202 valence electrons. The lowest BCUT2D eigenvalue weighted by atomic mass is 10.0. The zero-order valence-electron chi connectivity index (χ0n) is 22.0. The largest absolute Gasteiger partial charge is 0.508 e. The average molecular weight is 532 g/mol. The molecule has 0 saturated carbocycles. The van der Waals surface area contributed by atoms with Crippen molar-refractivity contribution in [3.05, 3.63) is 59.7 Å². The smallest absolute Gasteiger partial charge is 0.408 e. The van der Waals surface area contributed by atoms with Gasteiger partial charge >= 0.3 is 6.09 Å². The third kappa shape index (κ3) is 8.98. The molecule has 0 fully saturated rings. The van der Waals surface area contributed by atoms with E-state index in [2.05, 4.69) is 10.6 Å². The lowest BCUT2D eigenvalue weighted by Crippen LogP contribution is -2.53. The summed E-state index contributed by atoms with van der Waals surface area (Å²) in [5.41, 5.74) is 0.788. The fraction of sp³-hybridized carbons (Fsp3) is 0.444. The third-order valence-electron chi connectivity index (χ3n) is 5.42. The number of benzene rings is 2. The molecule has 0 bridgehead atoms. The van der Waals surface area contributed by atoms with Crippen LogP contribution in [0.25, 0.3) is 0 Å². The second-order valence-corrected chi connectivity index (χ2v) is 10.5. The maximum atomic E-state index is 13.9. The zero-order chi connectivity index (χ0) is 27.6. The van der Waals surface area contributed by atoms with Crippen molar-refractivity contribution in [2.75, 3.05) is 30.5 Å². The van der Waals surface area contributed by atoms with E-state index in [-0.39, 0.29) is 24.3 Å². The van der Waals surface area contributed by atoms with Crippen LogP contribution in [-0.2, 0) is 14.3 Å². The fourth-order valence-electron chi connectivity index (χ4n) is 3.70. The van der Waals surface area contributed by atoms with Gasteiger partial charge in [0, 0.05) is 17.8 Å². The second-order valence-electron chi connectivity index (χ2n) is 9.50. The molecule has 0 aliphatic carbocycles. The monoisotopic (exact) mass is 531 g/mol. The Hall–Kier alpha value is -3.24. The number of thioether (sulfide) groups is 1. The van der Waals surface area contributed by atoms with E-state index in [1.165, 1.54) is 22.7 Å². The van der Waals surface area contributed by atoms with Crippen molar-refractivity contribution < 1.29 is 29.3 Å². The van der Waals surface area contributed by atoms with Gasteiger partial charge in [0.1, 0.15) is 23.4 Å². The molecule has 0 aliphatic rings. The molecule has 2 atom stereocenters. The van der Waals surface area contributed by atoms with Crippen LogP contribution in [0.5, 0.6) is 5.75 Å². The average Bonchev–Trinajstić information content (AvgIpc) is 2.82.